The van der Waals surface area contributed by atoms with Gasteiger partial charge in [0.1, 0.15) is 11.4 Å². The van der Waals surface area contributed by atoms with E-state index in [0.29, 0.717) is 19.6 Å². The molecule has 11 atom stereocenters. The Labute approximate surface area is 509 Å². The van der Waals surface area contributed by atoms with E-state index in [1.165, 1.54) is 5.57 Å². The molecule has 1 heterocycles. The summed E-state index contributed by atoms with van der Waals surface area (Å²) >= 11 is 0. The van der Waals surface area contributed by atoms with Gasteiger partial charge >= 0.3 is 0 Å². The molecule has 1 fully saturated rings. The fourth-order valence-corrected chi connectivity index (χ4v) is 14.9. The summed E-state index contributed by atoms with van der Waals surface area (Å²) in [6.45, 7) is 50.0. The second kappa shape index (κ2) is 30.0. The molecule has 0 aliphatic carbocycles. The van der Waals surface area contributed by atoms with E-state index in [2.05, 4.69) is 252 Å². The summed E-state index contributed by atoms with van der Waals surface area (Å²) in [5.41, 5.74) is 4.77. The minimum atomic E-state index is -2.27. The van der Waals surface area contributed by atoms with E-state index in [-0.39, 0.29) is 69.1 Å². The van der Waals surface area contributed by atoms with Crippen LogP contribution < -0.4 is 4.74 Å². The van der Waals surface area contributed by atoms with Gasteiger partial charge in [-0.3, -0.25) is 0 Å². The number of hydrogen-bond acceptors (Lipinski definition) is 8. The van der Waals surface area contributed by atoms with Gasteiger partial charge in [-0.1, -0.05) is 218 Å². The molecule has 11 heteroatoms. The largest absolute Gasteiger partial charge is 0.497 e. The van der Waals surface area contributed by atoms with Crippen LogP contribution in [0.3, 0.4) is 0 Å². The maximum Gasteiger partial charge on any atom is 0.192 e. The van der Waals surface area contributed by atoms with Crippen LogP contribution in [-0.2, 0) is 33.1 Å². The molecule has 83 heavy (non-hydrogen) atoms. The monoisotopic (exact) mass is 1190 g/mol. The predicted molar refractivity (Wildman–Crippen MR) is 356 cm³/mol. The number of aliphatic hydroxyl groups excluding tert-OH is 1. The Kier molecular flexibility index (Phi) is 25.4. The minimum absolute atomic E-state index is 0.0107. The van der Waals surface area contributed by atoms with Crippen molar-refractivity contribution in [2.24, 2.45) is 29.6 Å². The summed E-state index contributed by atoms with van der Waals surface area (Å²) in [6.07, 6.45) is 9.80. The van der Waals surface area contributed by atoms with Crippen molar-refractivity contribution in [3.05, 3.63) is 161 Å². The maximum absolute atomic E-state index is 11.8. The average Bonchev–Trinajstić information content (AvgIpc) is 3.48. The highest BCUT2D eigenvalue weighted by molar-refractivity contribution is 6.75. The minimum Gasteiger partial charge on any atom is -0.497 e. The molecule has 0 radical (unpaired) electrons. The molecule has 1 saturated heterocycles. The van der Waals surface area contributed by atoms with Gasteiger partial charge in [0.25, 0.3) is 0 Å². The van der Waals surface area contributed by atoms with Crippen molar-refractivity contribution >= 4 is 25.0 Å². The third kappa shape index (κ3) is 19.0. The second-order valence-electron chi connectivity index (χ2n) is 29.3. The molecular formula is C72H114O8Si3. The van der Waals surface area contributed by atoms with E-state index in [0.717, 1.165) is 53.7 Å². The number of hydrogen-bond donors (Lipinski definition) is 1. The molecule has 4 aromatic carbocycles. The first-order valence-corrected chi connectivity index (χ1v) is 40.2. The molecule has 1 aliphatic rings. The number of ether oxygens (including phenoxy) is 4. The van der Waals surface area contributed by atoms with Crippen molar-refractivity contribution in [2.45, 2.75) is 233 Å². The van der Waals surface area contributed by atoms with E-state index in [4.69, 9.17) is 32.2 Å². The van der Waals surface area contributed by atoms with Crippen molar-refractivity contribution in [3.8, 4) is 5.75 Å². The molecule has 0 aromatic heterocycles. The molecule has 462 valence electrons. The van der Waals surface area contributed by atoms with Crippen LogP contribution in [0, 0.1) is 29.6 Å². The molecule has 1 unspecified atom stereocenters. The zero-order chi connectivity index (χ0) is 61.8. The van der Waals surface area contributed by atoms with E-state index < -0.39 is 42.9 Å². The molecule has 5 rings (SSSR count). The van der Waals surface area contributed by atoms with Crippen molar-refractivity contribution in [1.29, 1.82) is 0 Å². The Hall–Kier alpha value is -3.47. The van der Waals surface area contributed by atoms with E-state index in [1.807, 2.05) is 24.3 Å². The number of methoxy groups -OCH3 is 1. The third-order valence-electron chi connectivity index (χ3n) is 19.4. The third-order valence-corrected chi connectivity index (χ3v) is 32.8. The van der Waals surface area contributed by atoms with Crippen LogP contribution in [0.2, 0.25) is 54.4 Å². The number of aliphatic hydroxyl groups is 1. The van der Waals surface area contributed by atoms with Crippen molar-refractivity contribution in [1.82, 2.24) is 0 Å². The highest BCUT2D eigenvalue weighted by Gasteiger charge is 2.45. The van der Waals surface area contributed by atoms with Crippen LogP contribution in [0.1, 0.15) is 165 Å². The molecule has 0 amide bonds. The van der Waals surface area contributed by atoms with Crippen LogP contribution in [0.4, 0.5) is 0 Å². The SMILES string of the molecule is COc1ccc(C2OC[C@H](C)[C@@H]([C@@H](C)[C@H](O)CC[C@H](C)C=C(C)[C@H](O[Si](C)(C)C(C)(C)C)[C@@H](C)C=C[C@H](C[C@H](O[Si](C)(C)C(C)(C)C)[C@H](C)CCCOC(c3ccccc3)(c3ccccc3)c3ccccc3)O[Si](C)(C)C(C)(C)C)O2)cc1. The zero-order valence-electron chi connectivity index (χ0n) is 55.8. The van der Waals surface area contributed by atoms with Gasteiger partial charge < -0.3 is 37.3 Å². The fraction of sp³-hybridized carbons (Fsp3) is 0.611. The topological polar surface area (TPSA) is 84.8 Å². The van der Waals surface area contributed by atoms with Crippen molar-refractivity contribution in [2.75, 3.05) is 20.3 Å². The highest BCUT2D eigenvalue weighted by Crippen LogP contribution is 2.45. The van der Waals surface area contributed by atoms with E-state index in [9.17, 15) is 5.11 Å². The molecule has 1 aliphatic heterocycles. The van der Waals surface area contributed by atoms with Gasteiger partial charge in [-0.15, -0.1) is 0 Å². The summed E-state index contributed by atoms with van der Waals surface area (Å²) in [4.78, 5) is 0. The Balaban J connectivity index is 1.40. The number of benzene rings is 4. The van der Waals surface area contributed by atoms with Crippen molar-refractivity contribution < 1.29 is 37.3 Å². The number of rotatable bonds is 29. The lowest BCUT2D eigenvalue weighted by Crippen LogP contribution is -2.48. The normalized spacial score (nSPS) is 20.3. The average molecular weight is 1190 g/mol. The summed E-state index contributed by atoms with van der Waals surface area (Å²) in [5.74, 6) is 1.39. The van der Waals surface area contributed by atoms with Crippen LogP contribution in [0.5, 0.6) is 5.75 Å². The Bertz CT molecular complexity index is 2480. The molecule has 0 saturated carbocycles. The lowest BCUT2D eigenvalue weighted by Gasteiger charge is -2.43. The van der Waals surface area contributed by atoms with Gasteiger partial charge in [0, 0.05) is 36.3 Å². The molecule has 4 aromatic rings. The summed E-state index contributed by atoms with van der Waals surface area (Å²) in [5, 5.41) is 11.8. The first-order chi connectivity index (χ1) is 38.6. The standard InChI is InChI=1S/C72H114O8Si3/c1-52(40-47-64(73)57(6)67-56(5)51-75-68(77-67)58-42-45-62(74-16)46-43-58)49-55(4)66(80-83(21,22)71(13,14)15)54(3)41-44-63(78-81(17,18)69(7,8)9)50-65(79-82(19,20)70(10,11)12)53(2)33-32-48-76-72(59-34-26-23-27-35-59,60-36-28-24-29-37-60)61-38-30-25-31-39-61/h23-31,34-39,41-46,49,52-54,56-57,63-68,73H,32-33,40,47-48,50-51H2,1-22H3/t52-,53+,54-,56-,57-,63+,64+,65-,66+,67-,68?/m0/s1. The van der Waals surface area contributed by atoms with Crippen LogP contribution in [0.15, 0.2) is 139 Å². The Morgan fingerprint density at radius 3 is 1.60 bits per heavy atom. The van der Waals surface area contributed by atoms with Crippen molar-refractivity contribution in [3.63, 3.8) is 0 Å². The van der Waals surface area contributed by atoms with Crippen LogP contribution in [0.25, 0.3) is 0 Å². The molecule has 8 nitrogen and oxygen atoms in total. The Morgan fingerprint density at radius 1 is 0.639 bits per heavy atom. The summed E-state index contributed by atoms with van der Waals surface area (Å²) in [6, 6.07) is 39.9. The first-order valence-electron chi connectivity index (χ1n) is 31.4. The molecular weight excluding hydrogens is 1080 g/mol. The molecule has 0 bridgehead atoms. The lowest BCUT2D eigenvalue weighted by atomic mass is 9.80. The fourth-order valence-electron chi connectivity index (χ4n) is 10.8. The number of allylic oxidation sites excluding steroid dienone is 1. The smallest absolute Gasteiger partial charge is 0.192 e. The van der Waals surface area contributed by atoms with Crippen LogP contribution >= 0.6 is 0 Å². The van der Waals surface area contributed by atoms with Gasteiger partial charge in [0.05, 0.1) is 44.2 Å². The quantitative estimate of drug-likeness (QED) is 0.0249. The van der Waals surface area contributed by atoms with E-state index in [1.54, 1.807) is 7.11 Å². The summed E-state index contributed by atoms with van der Waals surface area (Å²) < 4.78 is 48.1. The molecule has 0 spiro atoms. The van der Waals surface area contributed by atoms with Crippen LogP contribution in [-0.4, -0.2) is 80.9 Å². The maximum atomic E-state index is 11.8. The lowest BCUT2D eigenvalue weighted by molar-refractivity contribution is -0.256. The first kappa shape index (κ1) is 70.3. The van der Waals surface area contributed by atoms with Gasteiger partial charge in [-0.2, -0.15) is 0 Å². The van der Waals surface area contributed by atoms with Gasteiger partial charge in [-0.05, 0) is 133 Å². The zero-order valence-corrected chi connectivity index (χ0v) is 58.8. The predicted octanol–water partition coefficient (Wildman–Crippen LogP) is 19.3. The van der Waals surface area contributed by atoms with E-state index >= 15 is 0 Å². The van der Waals surface area contributed by atoms with Gasteiger partial charge in [-0.25, -0.2) is 0 Å². The van der Waals surface area contributed by atoms with Gasteiger partial charge in [0.2, 0.25) is 0 Å². The van der Waals surface area contributed by atoms with Gasteiger partial charge in [0.15, 0.2) is 31.2 Å². The highest BCUT2D eigenvalue weighted by atomic mass is 28.4. The second-order valence-corrected chi connectivity index (χ2v) is 43.5. The Morgan fingerprint density at radius 2 is 1.12 bits per heavy atom. The molecule has 1 N–H and O–H groups in total. The summed E-state index contributed by atoms with van der Waals surface area (Å²) in [7, 11) is -5.09.